The highest BCUT2D eigenvalue weighted by Crippen LogP contribution is 2.18. The van der Waals surface area contributed by atoms with Crippen molar-refractivity contribution in [3.63, 3.8) is 0 Å². The molecule has 2 aromatic carbocycles. The van der Waals surface area contributed by atoms with Crippen LogP contribution in [0.5, 0.6) is 11.5 Å². The van der Waals surface area contributed by atoms with E-state index in [1.54, 1.807) is 68.8 Å². The van der Waals surface area contributed by atoms with Gasteiger partial charge in [-0.15, -0.1) is 0 Å². The van der Waals surface area contributed by atoms with E-state index < -0.39 is 24.4 Å². The van der Waals surface area contributed by atoms with Gasteiger partial charge in [0.1, 0.15) is 23.7 Å². The zero-order valence-corrected chi connectivity index (χ0v) is 15.4. The zero-order chi connectivity index (χ0) is 20.1. The maximum Gasteiger partial charge on any atom is 0.329 e. The van der Waals surface area contributed by atoms with Crippen molar-refractivity contribution in [2.45, 2.75) is 0 Å². The first-order valence-electron chi connectivity index (χ1n) is 8.42. The molecule has 0 saturated carbocycles. The van der Waals surface area contributed by atoms with E-state index in [0.29, 0.717) is 22.7 Å². The first kappa shape index (κ1) is 19.0. The van der Waals surface area contributed by atoms with Crippen LogP contribution in [0, 0.1) is 0 Å². The van der Waals surface area contributed by atoms with Gasteiger partial charge in [0, 0.05) is 5.69 Å². The first-order chi connectivity index (χ1) is 13.5. The van der Waals surface area contributed by atoms with Crippen molar-refractivity contribution in [1.82, 2.24) is 10.2 Å². The highest BCUT2D eigenvalue weighted by Gasteiger charge is 2.34. The first-order valence-corrected chi connectivity index (χ1v) is 8.42. The van der Waals surface area contributed by atoms with Gasteiger partial charge >= 0.3 is 6.03 Å². The number of carbonyl (C=O) groups excluding carboxylic acids is 3. The molecule has 2 aromatic rings. The maximum atomic E-state index is 12.5. The van der Waals surface area contributed by atoms with Crippen LogP contribution < -0.4 is 20.1 Å². The lowest BCUT2D eigenvalue weighted by molar-refractivity contribution is -0.127. The predicted molar refractivity (Wildman–Crippen MR) is 103 cm³/mol. The number of amides is 4. The molecule has 2 N–H and O–H groups in total. The summed E-state index contributed by atoms with van der Waals surface area (Å²) in [5.41, 5.74) is 1.35. The van der Waals surface area contributed by atoms with Crippen molar-refractivity contribution < 1.29 is 23.9 Å². The topological polar surface area (TPSA) is 97.0 Å². The Bertz CT molecular complexity index is 920. The summed E-state index contributed by atoms with van der Waals surface area (Å²) in [6, 6.07) is 13.1. The molecule has 0 aromatic heterocycles. The van der Waals surface area contributed by atoms with Crippen molar-refractivity contribution in [1.29, 1.82) is 0 Å². The van der Waals surface area contributed by atoms with Crippen molar-refractivity contribution >= 4 is 29.6 Å². The van der Waals surface area contributed by atoms with Crippen LogP contribution in [-0.2, 0) is 9.59 Å². The molecule has 0 atom stereocenters. The molecule has 8 heteroatoms. The number of benzene rings is 2. The van der Waals surface area contributed by atoms with Gasteiger partial charge in [0.2, 0.25) is 5.91 Å². The van der Waals surface area contributed by atoms with E-state index in [-0.39, 0.29) is 5.70 Å². The van der Waals surface area contributed by atoms with Gasteiger partial charge < -0.3 is 20.1 Å². The van der Waals surface area contributed by atoms with Crippen LogP contribution in [0.3, 0.4) is 0 Å². The molecule has 144 valence electrons. The fourth-order valence-corrected chi connectivity index (χ4v) is 2.60. The van der Waals surface area contributed by atoms with Gasteiger partial charge in [-0.1, -0.05) is 12.1 Å². The Kier molecular flexibility index (Phi) is 5.59. The Labute approximate surface area is 161 Å². The molecule has 1 aliphatic rings. The standard InChI is InChI=1S/C20H19N3O5/c1-27-15-7-3-13(4-8-15)11-17-19(25)23(20(26)22-17)12-18(24)21-14-5-9-16(28-2)10-6-14/h3-11H,12H2,1-2H3,(H,21,24)(H,22,26)/b17-11+. The normalized spacial score (nSPS) is 14.8. The molecule has 0 bridgehead atoms. The van der Waals surface area contributed by atoms with E-state index in [1.807, 2.05) is 0 Å². The Balaban J connectivity index is 1.65. The summed E-state index contributed by atoms with van der Waals surface area (Å²) < 4.78 is 10.1. The number of hydrogen-bond acceptors (Lipinski definition) is 5. The third kappa shape index (κ3) is 4.29. The van der Waals surface area contributed by atoms with Gasteiger partial charge in [-0.25, -0.2) is 9.69 Å². The van der Waals surface area contributed by atoms with Gasteiger partial charge in [-0.3, -0.25) is 9.59 Å². The van der Waals surface area contributed by atoms with Gasteiger partial charge in [-0.05, 0) is 48.0 Å². The minimum absolute atomic E-state index is 0.104. The smallest absolute Gasteiger partial charge is 0.329 e. The predicted octanol–water partition coefficient (Wildman–Crippen LogP) is 2.24. The summed E-state index contributed by atoms with van der Waals surface area (Å²) in [5, 5.41) is 5.12. The summed E-state index contributed by atoms with van der Waals surface area (Å²) in [6.45, 7) is -0.392. The Hall–Kier alpha value is -3.81. The maximum absolute atomic E-state index is 12.5. The number of methoxy groups -OCH3 is 2. The highest BCUT2D eigenvalue weighted by molar-refractivity contribution is 6.15. The number of anilines is 1. The number of nitrogens with one attached hydrogen (secondary N) is 2. The van der Waals surface area contributed by atoms with E-state index in [0.717, 1.165) is 4.90 Å². The number of carbonyl (C=O) groups is 3. The van der Waals surface area contributed by atoms with Crippen LogP contribution in [-0.4, -0.2) is 43.5 Å². The molecule has 8 nitrogen and oxygen atoms in total. The second-order valence-corrected chi connectivity index (χ2v) is 5.93. The van der Waals surface area contributed by atoms with Crippen molar-refractivity contribution in [3.05, 3.63) is 59.8 Å². The fourth-order valence-electron chi connectivity index (χ4n) is 2.60. The molecule has 1 aliphatic heterocycles. The molecule has 1 heterocycles. The van der Waals surface area contributed by atoms with Crippen LogP contribution in [0.25, 0.3) is 6.08 Å². The van der Waals surface area contributed by atoms with Crippen LogP contribution >= 0.6 is 0 Å². The molecular weight excluding hydrogens is 362 g/mol. The molecule has 0 spiro atoms. The SMILES string of the molecule is COc1ccc(/C=C2/NC(=O)N(CC(=O)Nc3ccc(OC)cc3)C2=O)cc1. The monoisotopic (exact) mass is 381 g/mol. The van der Waals surface area contributed by atoms with E-state index in [9.17, 15) is 14.4 Å². The Morgan fingerprint density at radius 1 is 1.00 bits per heavy atom. The summed E-state index contributed by atoms with van der Waals surface area (Å²) in [5.74, 6) is 0.284. The molecule has 3 rings (SSSR count). The van der Waals surface area contributed by atoms with Gasteiger partial charge in [-0.2, -0.15) is 0 Å². The number of urea groups is 1. The number of hydrogen-bond donors (Lipinski definition) is 2. The van der Waals surface area contributed by atoms with Crippen molar-refractivity contribution in [2.75, 3.05) is 26.1 Å². The second kappa shape index (κ2) is 8.26. The number of imide groups is 1. The highest BCUT2D eigenvalue weighted by atomic mass is 16.5. The lowest BCUT2D eigenvalue weighted by Gasteiger charge is -2.12. The number of ether oxygens (including phenoxy) is 2. The van der Waals surface area contributed by atoms with Gasteiger partial charge in [0.15, 0.2) is 0 Å². The largest absolute Gasteiger partial charge is 0.497 e. The van der Waals surface area contributed by atoms with Gasteiger partial charge in [0.05, 0.1) is 14.2 Å². The molecule has 1 fully saturated rings. The minimum Gasteiger partial charge on any atom is -0.497 e. The van der Waals surface area contributed by atoms with Crippen molar-refractivity contribution in [3.8, 4) is 11.5 Å². The van der Waals surface area contributed by atoms with Crippen LogP contribution in [0.2, 0.25) is 0 Å². The third-order valence-electron chi connectivity index (χ3n) is 4.06. The minimum atomic E-state index is -0.644. The van der Waals surface area contributed by atoms with E-state index >= 15 is 0 Å². The third-order valence-corrected chi connectivity index (χ3v) is 4.06. The summed E-state index contributed by atoms with van der Waals surface area (Å²) in [6.07, 6.45) is 1.54. The molecule has 0 radical (unpaired) electrons. The molecule has 1 saturated heterocycles. The summed E-state index contributed by atoms with van der Waals surface area (Å²) in [4.78, 5) is 37.6. The average molecular weight is 381 g/mol. The molecule has 0 aliphatic carbocycles. The van der Waals surface area contributed by atoms with Crippen LogP contribution in [0.4, 0.5) is 10.5 Å². The summed E-state index contributed by atoms with van der Waals surface area (Å²) >= 11 is 0. The number of rotatable bonds is 6. The lowest BCUT2D eigenvalue weighted by atomic mass is 10.2. The van der Waals surface area contributed by atoms with Gasteiger partial charge in [0.25, 0.3) is 5.91 Å². The van der Waals surface area contributed by atoms with E-state index in [2.05, 4.69) is 10.6 Å². The van der Waals surface area contributed by atoms with Crippen LogP contribution in [0.1, 0.15) is 5.56 Å². The van der Waals surface area contributed by atoms with Crippen molar-refractivity contribution in [2.24, 2.45) is 0 Å². The molecule has 4 amide bonds. The van der Waals surface area contributed by atoms with E-state index in [4.69, 9.17) is 9.47 Å². The average Bonchev–Trinajstić information content (AvgIpc) is 2.96. The molecule has 0 unspecified atom stereocenters. The fraction of sp³-hybridized carbons (Fsp3) is 0.150. The Morgan fingerprint density at radius 3 is 2.14 bits per heavy atom. The summed E-state index contributed by atoms with van der Waals surface area (Å²) in [7, 11) is 3.10. The quantitative estimate of drug-likeness (QED) is 0.591. The molecule has 28 heavy (non-hydrogen) atoms. The zero-order valence-electron chi connectivity index (χ0n) is 15.4. The van der Waals surface area contributed by atoms with E-state index in [1.165, 1.54) is 0 Å². The Morgan fingerprint density at radius 2 is 1.57 bits per heavy atom. The second-order valence-electron chi connectivity index (χ2n) is 5.93. The van der Waals surface area contributed by atoms with Crippen LogP contribution in [0.15, 0.2) is 54.2 Å². The number of nitrogens with zero attached hydrogens (tertiary/aromatic N) is 1. The molecular formula is C20H19N3O5. The lowest BCUT2D eigenvalue weighted by Crippen LogP contribution is -2.38.